The Morgan fingerprint density at radius 2 is 2.03 bits per heavy atom. The van der Waals surface area contributed by atoms with Crippen molar-refractivity contribution in [3.05, 3.63) is 84.7 Å². The van der Waals surface area contributed by atoms with Crippen molar-refractivity contribution in [2.45, 2.75) is 13.3 Å². The van der Waals surface area contributed by atoms with E-state index in [-0.39, 0.29) is 5.56 Å². The molecule has 0 aliphatic carbocycles. The van der Waals surface area contributed by atoms with Gasteiger partial charge in [0.25, 0.3) is 11.5 Å². The monoisotopic (exact) mass is 457 g/mol. The highest BCUT2D eigenvalue weighted by Crippen LogP contribution is 2.23. The van der Waals surface area contributed by atoms with Gasteiger partial charge in [0, 0.05) is 22.4 Å². The van der Waals surface area contributed by atoms with Crippen molar-refractivity contribution in [3.8, 4) is 11.6 Å². The molecule has 0 saturated carbocycles. The zero-order valence-electron chi connectivity index (χ0n) is 15.2. The zero-order valence-corrected chi connectivity index (χ0v) is 16.8. The van der Waals surface area contributed by atoms with Crippen LogP contribution in [0, 0.1) is 0 Å². The van der Waals surface area contributed by atoms with E-state index in [2.05, 4.69) is 36.4 Å². The fourth-order valence-electron chi connectivity index (χ4n) is 2.66. The van der Waals surface area contributed by atoms with Crippen LogP contribution in [0.2, 0.25) is 0 Å². The summed E-state index contributed by atoms with van der Waals surface area (Å²) in [5, 5.41) is 14.3. The lowest BCUT2D eigenvalue weighted by Gasteiger charge is -2.13. The SMILES string of the molecule is CCc1cc(Br)ccc1-n1c(O)c(C=NNC(=O)c2ccncc2)c(=O)[nH]c1=O. The first-order chi connectivity index (χ1) is 13.9. The topological polar surface area (TPSA) is 129 Å². The third-order valence-corrected chi connectivity index (χ3v) is 4.58. The molecule has 0 fully saturated rings. The van der Waals surface area contributed by atoms with Crippen molar-refractivity contribution in [2.24, 2.45) is 5.10 Å². The molecule has 0 spiro atoms. The Kier molecular flexibility index (Phi) is 6.03. The van der Waals surface area contributed by atoms with Gasteiger partial charge in [-0.05, 0) is 42.3 Å². The molecule has 1 aromatic carbocycles. The minimum absolute atomic E-state index is 0.274. The molecule has 2 aromatic heterocycles. The van der Waals surface area contributed by atoms with Gasteiger partial charge in [-0.25, -0.2) is 14.8 Å². The molecule has 3 N–H and O–H groups in total. The van der Waals surface area contributed by atoms with E-state index in [0.29, 0.717) is 17.7 Å². The van der Waals surface area contributed by atoms with E-state index in [9.17, 15) is 19.5 Å². The van der Waals surface area contributed by atoms with E-state index in [4.69, 9.17) is 0 Å². The molecule has 3 rings (SSSR count). The summed E-state index contributed by atoms with van der Waals surface area (Å²) < 4.78 is 1.80. The molecule has 0 saturated heterocycles. The van der Waals surface area contributed by atoms with Crippen LogP contribution < -0.4 is 16.7 Å². The number of rotatable bonds is 5. The van der Waals surface area contributed by atoms with Gasteiger partial charge in [0.15, 0.2) is 0 Å². The minimum atomic E-state index is -0.833. The van der Waals surface area contributed by atoms with Crippen LogP contribution >= 0.6 is 15.9 Å². The Balaban J connectivity index is 1.99. The Bertz CT molecular complexity index is 1200. The maximum absolute atomic E-state index is 12.3. The molecule has 9 nitrogen and oxygen atoms in total. The van der Waals surface area contributed by atoms with Gasteiger partial charge >= 0.3 is 5.69 Å². The number of nitrogens with zero attached hydrogens (tertiary/aromatic N) is 3. The first kappa shape index (κ1) is 20.2. The number of nitrogens with one attached hydrogen (secondary N) is 2. The van der Waals surface area contributed by atoms with E-state index in [0.717, 1.165) is 20.8 Å². The summed E-state index contributed by atoms with van der Waals surface area (Å²) in [4.78, 5) is 42.5. The van der Waals surface area contributed by atoms with Crippen LogP contribution in [0.15, 0.2) is 61.9 Å². The quantitative estimate of drug-likeness (QED) is 0.396. The maximum atomic E-state index is 12.3. The highest BCUT2D eigenvalue weighted by molar-refractivity contribution is 9.10. The lowest BCUT2D eigenvalue weighted by molar-refractivity contribution is 0.0955. The fourth-order valence-corrected chi connectivity index (χ4v) is 3.07. The molecule has 29 heavy (non-hydrogen) atoms. The number of aromatic hydroxyl groups is 1. The van der Waals surface area contributed by atoms with Gasteiger partial charge in [0.05, 0.1) is 11.9 Å². The predicted octanol–water partition coefficient (Wildman–Crippen LogP) is 1.72. The summed E-state index contributed by atoms with van der Waals surface area (Å²) in [5.74, 6) is -1.10. The van der Waals surface area contributed by atoms with E-state index >= 15 is 0 Å². The van der Waals surface area contributed by atoms with Crippen molar-refractivity contribution in [3.63, 3.8) is 0 Å². The summed E-state index contributed by atoms with van der Waals surface area (Å²) in [7, 11) is 0. The van der Waals surface area contributed by atoms with Gasteiger partial charge in [0.2, 0.25) is 5.88 Å². The number of carbonyl (C=O) groups is 1. The Morgan fingerprint density at radius 3 is 2.72 bits per heavy atom. The van der Waals surface area contributed by atoms with Crippen molar-refractivity contribution in [1.82, 2.24) is 20.0 Å². The normalized spacial score (nSPS) is 11.0. The third-order valence-electron chi connectivity index (χ3n) is 4.09. The number of hydrogen-bond acceptors (Lipinski definition) is 6. The fraction of sp³-hybridized carbons (Fsp3) is 0.105. The average Bonchev–Trinajstić information content (AvgIpc) is 2.71. The van der Waals surface area contributed by atoms with Crippen molar-refractivity contribution in [1.29, 1.82) is 0 Å². The van der Waals surface area contributed by atoms with Crippen LogP contribution in [0.1, 0.15) is 28.4 Å². The average molecular weight is 458 g/mol. The minimum Gasteiger partial charge on any atom is -0.493 e. The number of benzene rings is 1. The molecular formula is C19H16BrN5O4. The smallest absolute Gasteiger partial charge is 0.335 e. The van der Waals surface area contributed by atoms with E-state index in [1.165, 1.54) is 24.5 Å². The molecular weight excluding hydrogens is 442 g/mol. The molecule has 1 amide bonds. The molecule has 0 radical (unpaired) electrons. The zero-order chi connectivity index (χ0) is 21.0. The largest absolute Gasteiger partial charge is 0.493 e. The molecule has 0 unspecified atom stereocenters. The summed E-state index contributed by atoms with van der Waals surface area (Å²) in [5.41, 5.74) is 1.87. The summed E-state index contributed by atoms with van der Waals surface area (Å²) in [6.45, 7) is 1.90. The van der Waals surface area contributed by atoms with Gasteiger partial charge in [-0.2, -0.15) is 5.10 Å². The van der Waals surface area contributed by atoms with Crippen LogP contribution in [0.5, 0.6) is 5.88 Å². The number of hydrogen-bond donors (Lipinski definition) is 3. The van der Waals surface area contributed by atoms with Crippen molar-refractivity contribution < 1.29 is 9.90 Å². The summed E-state index contributed by atoms with van der Waals surface area (Å²) in [6.07, 6.45) is 4.47. The van der Waals surface area contributed by atoms with Crippen LogP contribution in [-0.2, 0) is 6.42 Å². The Labute approximate surface area is 172 Å². The molecule has 2 heterocycles. The predicted molar refractivity (Wildman–Crippen MR) is 111 cm³/mol. The van der Waals surface area contributed by atoms with Crippen molar-refractivity contribution >= 4 is 28.1 Å². The molecule has 0 atom stereocenters. The van der Waals surface area contributed by atoms with Crippen molar-refractivity contribution in [2.75, 3.05) is 0 Å². The number of carbonyl (C=O) groups excluding carboxylic acids is 1. The van der Waals surface area contributed by atoms with E-state index in [1.54, 1.807) is 12.1 Å². The molecule has 0 aliphatic rings. The number of aromatic nitrogens is 3. The number of aryl methyl sites for hydroxylation is 1. The molecule has 3 aromatic rings. The number of H-pyrrole nitrogens is 1. The summed E-state index contributed by atoms with van der Waals surface area (Å²) >= 11 is 3.37. The highest BCUT2D eigenvalue weighted by Gasteiger charge is 2.16. The first-order valence-electron chi connectivity index (χ1n) is 8.53. The Hall–Kier alpha value is -3.53. The Morgan fingerprint density at radius 1 is 1.31 bits per heavy atom. The van der Waals surface area contributed by atoms with Gasteiger partial charge in [-0.1, -0.05) is 22.9 Å². The number of halogens is 1. The van der Waals surface area contributed by atoms with Crippen LogP contribution in [-0.4, -0.2) is 31.8 Å². The molecule has 0 aliphatic heterocycles. The second-order valence-electron chi connectivity index (χ2n) is 5.89. The lowest BCUT2D eigenvalue weighted by atomic mass is 10.1. The van der Waals surface area contributed by atoms with E-state index < -0.39 is 23.0 Å². The number of aromatic amines is 1. The van der Waals surface area contributed by atoms with Gasteiger partial charge in [-0.15, -0.1) is 0 Å². The van der Waals surface area contributed by atoms with E-state index in [1.807, 2.05) is 13.0 Å². The van der Waals surface area contributed by atoms with Crippen LogP contribution in [0.3, 0.4) is 0 Å². The highest BCUT2D eigenvalue weighted by atomic mass is 79.9. The molecule has 148 valence electrons. The number of amides is 1. The van der Waals surface area contributed by atoms with Gasteiger partial charge in [-0.3, -0.25) is 19.6 Å². The van der Waals surface area contributed by atoms with Gasteiger partial charge < -0.3 is 5.11 Å². The second-order valence-corrected chi connectivity index (χ2v) is 6.81. The second kappa shape index (κ2) is 8.65. The standard InChI is InChI=1S/C19H16BrN5O4/c1-2-11-9-13(20)3-4-15(11)25-18(28)14(17(27)23-19(25)29)10-22-24-16(26)12-5-7-21-8-6-12/h3-10,28H,2H2,1H3,(H,24,26)(H,23,27,29). The van der Waals surface area contributed by atoms with Crippen LogP contribution in [0.25, 0.3) is 5.69 Å². The number of pyridine rings is 1. The number of hydrazone groups is 1. The van der Waals surface area contributed by atoms with Gasteiger partial charge in [0.1, 0.15) is 5.56 Å². The molecule has 0 bridgehead atoms. The summed E-state index contributed by atoms with van der Waals surface area (Å²) in [6, 6.07) is 8.17. The third kappa shape index (κ3) is 4.32. The lowest BCUT2D eigenvalue weighted by Crippen LogP contribution is -2.32. The van der Waals surface area contributed by atoms with Crippen LogP contribution in [0.4, 0.5) is 0 Å². The molecule has 10 heteroatoms. The maximum Gasteiger partial charge on any atom is 0.335 e. The first-order valence-corrected chi connectivity index (χ1v) is 9.32.